The minimum absolute atomic E-state index is 0.717. The molecule has 0 saturated carbocycles. The summed E-state index contributed by atoms with van der Waals surface area (Å²) in [4.78, 5) is 5.29. The fourth-order valence-corrected chi connectivity index (χ4v) is 2.65. The van der Waals surface area contributed by atoms with Crippen LogP contribution in [0.5, 0.6) is 0 Å². The van der Waals surface area contributed by atoms with Crippen molar-refractivity contribution in [3.63, 3.8) is 0 Å². The molecule has 0 amide bonds. The molecule has 0 atom stereocenters. The van der Waals surface area contributed by atoms with Gasteiger partial charge in [-0.2, -0.15) is 4.68 Å². The van der Waals surface area contributed by atoms with E-state index in [1.807, 2.05) is 49.4 Å². The van der Waals surface area contributed by atoms with Gasteiger partial charge in [-0.3, -0.25) is 0 Å². The van der Waals surface area contributed by atoms with Crippen LogP contribution in [0.2, 0.25) is 0 Å². The topological polar surface area (TPSA) is 68.5 Å². The van der Waals surface area contributed by atoms with E-state index in [0.717, 1.165) is 28.1 Å². The molecule has 0 radical (unpaired) electrons. The molecule has 3 aromatic rings. The van der Waals surface area contributed by atoms with Gasteiger partial charge in [0.25, 0.3) is 0 Å². The number of nitrogens with one attached hydrogen (secondary N) is 1. The van der Waals surface area contributed by atoms with Gasteiger partial charge in [0.1, 0.15) is 5.82 Å². The van der Waals surface area contributed by atoms with Crippen molar-refractivity contribution >= 4 is 17.6 Å². The zero-order valence-electron chi connectivity index (χ0n) is 11.5. The highest BCUT2D eigenvalue weighted by Gasteiger charge is 2.10. The Labute approximate surface area is 126 Å². The normalized spacial score (nSPS) is 10.5. The number of hydrogen-bond acceptors (Lipinski definition) is 6. The van der Waals surface area contributed by atoms with Crippen molar-refractivity contribution in [1.82, 2.24) is 25.2 Å². The SMILES string of the molecule is CCNc1cc(Sc2nnnn2-c2ccccc2)ccn1. The van der Waals surface area contributed by atoms with Gasteiger partial charge in [0.2, 0.25) is 5.16 Å². The lowest BCUT2D eigenvalue weighted by atomic mass is 10.3. The highest BCUT2D eigenvalue weighted by Crippen LogP contribution is 2.27. The van der Waals surface area contributed by atoms with Crippen molar-refractivity contribution in [2.45, 2.75) is 17.0 Å². The fraction of sp³-hybridized carbons (Fsp3) is 0.143. The van der Waals surface area contributed by atoms with Crippen molar-refractivity contribution in [1.29, 1.82) is 0 Å². The van der Waals surface area contributed by atoms with Crippen LogP contribution in [-0.4, -0.2) is 31.7 Å². The molecular formula is C14H14N6S. The van der Waals surface area contributed by atoms with Gasteiger partial charge in [-0.15, -0.1) is 5.10 Å². The van der Waals surface area contributed by atoms with Crippen molar-refractivity contribution in [2.75, 3.05) is 11.9 Å². The summed E-state index contributed by atoms with van der Waals surface area (Å²) >= 11 is 1.50. The lowest BCUT2D eigenvalue weighted by molar-refractivity contribution is 0.756. The third-order valence-corrected chi connectivity index (χ3v) is 3.67. The van der Waals surface area contributed by atoms with Crippen molar-refractivity contribution in [2.24, 2.45) is 0 Å². The molecule has 7 heteroatoms. The summed E-state index contributed by atoms with van der Waals surface area (Å²) in [5, 5.41) is 15.8. The molecule has 0 spiro atoms. The standard InChI is InChI=1S/C14H14N6S/c1-2-15-13-10-12(8-9-16-13)21-14-17-18-19-20(14)11-6-4-3-5-7-11/h3-10H,2H2,1H3,(H,15,16). The predicted octanol–water partition coefficient (Wildman–Crippen LogP) is 2.64. The third-order valence-electron chi connectivity index (χ3n) is 2.74. The largest absolute Gasteiger partial charge is 0.370 e. The number of hydrogen-bond donors (Lipinski definition) is 1. The molecule has 1 aromatic carbocycles. The molecule has 0 unspecified atom stereocenters. The van der Waals surface area contributed by atoms with Crippen molar-refractivity contribution in [3.8, 4) is 5.69 Å². The van der Waals surface area contributed by atoms with Gasteiger partial charge < -0.3 is 5.32 Å². The van der Waals surface area contributed by atoms with Gasteiger partial charge in [0.15, 0.2) is 0 Å². The first-order valence-electron chi connectivity index (χ1n) is 6.58. The summed E-state index contributed by atoms with van der Waals surface area (Å²) in [5.74, 6) is 0.848. The summed E-state index contributed by atoms with van der Waals surface area (Å²) in [6.07, 6.45) is 1.77. The Bertz CT molecular complexity index is 712. The number of rotatable bonds is 5. The van der Waals surface area contributed by atoms with E-state index in [0.29, 0.717) is 0 Å². The number of anilines is 1. The highest BCUT2D eigenvalue weighted by atomic mass is 32.2. The van der Waals surface area contributed by atoms with E-state index in [-0.39, 0.29) is 0 Å². The molecule has 2 heterocycles. The van der Waals surface area contributed by atoms with E-state index in [2.05, 4.69) is 25.8 Å². The Morgan fingerprint density at radius 2 is 2.05 bits per heavy atom. The average Bonchev–Trinajstić information content (AvgIpc) is 2.97. The second-order valence-corrected chi connectivity index (χ2v) is 5.26. The summed E-state index contributed by atoms with van der Waals surface area (Å²) in [6.45, 7) is 2.88. The van der Waals surface area contributed by atoms with Crippen LogP contribution in [0.25, 0.3) is 5.69 Å². The number of para-hydroxylation sites is 1. The molecule has 0 aliphatic carbocycles. The maximum atomic E-state index is 4.26. The number of aromatic nitrogens is 5. The Morgan fingerprint density at radius 3 is 2.86 bits per heavy atom. The molecule has 0 bridgehead atoms. The maximum Gasteiger partial charge on any atom is 0.218 e. The maximum absolute atomic E-state index is 4.26. The van der Waals surface area contributed by atoms with Crippen LogP contribution >= 0.6 is 11.8 Å². The molecule has 1 N–H and O–H groups in total. The average molecular weight is 298 g/mol. The van der Waals surface area contributed by atoms with Crippen LogP contribution in [0.1, 0.15) is 6.92 Å². The first-order chi connectivity index (χ1) is 10.4. The van der Waals surface area contributed by atoms with Gasteiger partial charge in [0.05, 0.1) is 5.69 Å². The minimum atomic E-state index is 0.717. The van der Waals surface area contributed by atoms with Gasteiger partial charge in [0, 0.05) is 17.6 Å². The fourth-order valence-electron chi connectivity index (χ4n) is 1.83. The van der Waals surface area contributed by atoms with Gasteiger partial charge in [-0.25, -0.2) is 4.98 Å². The number of tetrazole rings is 1. The first-order valence-corrected chi connectivity index (χ1v) is 7.40. The second kappa shape index (κ2) is 6.36. The summed E-state index contributed by atoms with van der Waals surface area (Å²) in [5.41, 5.74) is 0.936. The Kier molecular flexibility index (Phi) is 4.11. The molecule has 106 valence electrons. The Hall–Kier alpha value is -2.41. The predicted molar refractivity (Wildman–Crippen MR) is 81.7 cm³/mol. The molecule has 0 aliphatic rings. The molecule has 0 aliphatic heterocycles. The van der Waals surface area contributed by atoms with Crippen LogP contribution in [0.4, 0.5) is 5.82 Å². The van der Waals surface area contributed by atoms with Crippen LogP contribution in [0.3, 0.4) is 0 Å². The third kappa shape index (κ3) is 3.19. The van der Waals surface area contributed by atoms with Crippen LogP contribution in [-0.2, 0) is 0 Å². The molecule has 6 nitrogen and oxygen atoms in total. The highest BCUT2D eigenvalue weighted by molar-refractivity contribution is 7.99. The quantitative estimate of drug-likeness (QED) is 0.781. The molecule has 3 rings (SSSR count). The minimum Gasteiger partial charge on any atom is -0.370 e. The van der Waals surface area contributed by atoms with E-state index in [1.54, 1.807) is 10.9 Å². The summed E-state index contributed by atoms with van der Waals surface area (Å²) in [7, 11) is 0. The summed E-state index contributed by atoms with van der Waals surface area (Å²) < 4.78 is 1.72. The summed E-state index contributed by atoms with van der Waals surface area (Å²) in [6, 6.07) is 13.7. The molecule has 2 aromatic heterocycles. The van der Waals surface area contributed by atoms with E-state index >= 15 is 0 Å². The van der Waals surface area contributed by atoms with E-state index in [1.165, 1.54) is 11.8 Å². The number of nitrogens with zero attached hydrogens (tertiary/aromatic N) is 5. The van der Waals surface area contributed by atoms with Crippen molar-refractivity contribution in [3.05, 3.63) is 48.7 Å². The van der Waals surface area contributed by atoms with Crippen LogP contribution < -0.4 is 5.32 Å². The Morgan fingerprint density at radius 1 is 1.19 bits per heavy atom. The van der Waals surface area contributed by atoms with Crippen LogP contribution in [0, 0.1) is 0 Å². The van der Waals surface area contributed by atoms with E-state index in [9.17, 15) is 0 Å². The van der Waals surface area contributed by atoms with E-state index < -0.39 is 0 Å². The molecule has 21 heavy (non-hydrogen) atoms. The molecule has 0 fully saturated rings. The molecule has 0 saturated heterocycles. The zero-order chi connectivity index (χ0) is 14.5. The number of benzene rings is 1. The lowest BCUT2D eigenvalue weighted by Gasteiger charge is -2.06. The van der Waals surface area contributed by atoms with Gasteiger partial charge >= 0.3 is 0 Å². The number of pyridine rings is 1. The van der Waals surface area contributed by atoms with Crippen LogP contribution in [0.15, 0.2) is 58.7 Å². The lowest BCUT2D eigenvalue weighted by Crippen LogP contribution is -2.00. The molecular weight excluding hydrogens is 284 g/mol. The van der Waals surface area contributed by atoms with Gasteiger partial charge in [-0.05, 0) is 53.4 Å². The zero-order valence-corrected chi connectivity index (χ0v) is 12.3. The first kappa shape index (κ1) is 13.6. The Balaban J connectivity index is 1.86. The van der Waals surface area contributed by atoms with Gasteiger partial charge in [-0.1, -0.05) is 18.2 Å². The second-order valence-electron chi connectivity index (χ2n) is 4.22. The van der Waals surface area contributed by atoms with Crippen molar-refractivity contribution < 1.29 is 0 Å². The monoisotopic (exact) mass is 298 g/mol. The smallest absolute Gasteiger partial charge is 0.218 e. The van der Waals surface area contributed by atoms with E-state index in [4.69, 9.17) is 0 Å².